The van der Waals surface area contributed by atoms with Crippen LogP contribution in [-0.4, -0.2) is 24.5 Å². The SMILES string of the molecule is COc1ccc(N2CCCCC2=O)cn1. The van der Waals surface area contributed by atoms with Gasteiger partial charge in [0.05, 0.1) is 19.0 Å². The predicted octanol–water partition coefficient (Wildman–Crippen LogP) is 1.61. The van der Waals surface area contributed by atoms with Gasteiger partial charge in [0, 0.05) is 19.0 Å². The zero-order valence-corrected chi connectivity index (χ0v) is 8.77. The molecule has 4 nitrogen and oxygen atoms in total. The lowest BCUT2D eigenvalue weighted by Gasteiger charge is -2.26. The van der Waals surface area contributed by atoms with Gasteiger partial charge < -0.3 is 9.64 Å². The molecule has 0 unspecified atom stereocenters. The standard InChI is InChI=1S/C11H14N2O2/c1-15-10-6-5-9(8-12-10)13-7-3-2-4-11(13)14/h5-6,8H,2-4,7H2,1H3. The van der Waals surface area contributed by atoms with Gasteiger partial charge in [-0.15, -0.1) is 0 Å². The largest absolute Gasteiger partial charge is 0.481 e. The maximum atomic E-state index is 11.6. The molecule has 0 radical (unpaired) electrons. The van der Waals surface area contributed by atoms with Crippen molar-refractivity contribution < 1.29 is 9.53 Å². The predicted molar refractivity (Wildman–Crippen MR) is 57.0 cm³/mol. The van der Waals surface area contributed by atoms with Crippen LogP contribution in [0.2, 0.25) is 0 Å². The molecule has 2 rings (SSSR count). The van der Waals surface area contributed by atoms with Gasteiger partial charge in [-0.05, 0) is 18.9 Å². The number of rotatable bonds is 2. The number of methoxy groups -OCH3 is 1. The minimum absolute atomic E-state index is 0.188. The van der Waals surface area contributed by atoms with Crippen molar-refractivity contribution in [1.82, 2.24) is 4.98 Å². The fourth-order valence-corrected chi connectivity index (χ4v) is 1.73. The summed E-state index contributed by atoms with van der Waals surface area (Å²) in [6.07, 6.45) is 4.39. The van der Waals surface area contributed by atoms with Crippen LogP contribution in [0.5, 0.6) is 5.88 Å². The Hall–Kier alpha value is -1.58. The first-order chi connectivity index (χ1) is 7.31. The van der Waals surface area contributed by atoms with E-state index in [4.69, 9.17) is 4.74 Å². The van der Waals surface area contributed by atoms with Crippen LogP contribution in [-0.2, 0) is 4.79 Å². The molecule has 1 aliphatic rings. The molecular weight excluding hydrogens is 192 g/mol. The summed E-state index contributed by atoms with van der Waals surface area (Å²) in [5, 5.41) is 0. The summed E-state index contributed by atoms with van der Waals surface area (Å²) in [6.45, 7) is 0.798. The number of anilines is 1. The Morgan fingerprint density at radius 1 is 1.40 bits per heavy atom. The van der Waals surface area contributed by atoms with Gasteiger partial charge in [0.25, 0.3) is 0 Å². The zero-order chi connectivity index (χ0) is 10.7. The summed E-state index contributed by atoms with van der Waals surface area (Å²) in [4.78, 5) is 17.5. The van der Waals surface area contributed by atoms with Gasteiger partial charge in [-0.3, -0.25) is 4.79 Å². The van der Waals surface area contributed by atoms with Crippen molar-refractivity contribution in [3.63, 3.8) is 0 Å². The maximum absolute atomic E-state index is 11.6. The fraction of sp³-hybridized carbons (Fsp3) is 0.455. The van der Waals surface area contributed by atoms with Gasteiger partial charge in [0.1, 0.15) is 0 Å². The number of hydrogen-bond donors (Lipinski definition) is 0. The minimum Gasteiger partial charge on any atom is -0.481 e. The summed E-state index contributed by atoms with van der Waals surface area (Å²) in [5.41, 5.74) is 0.862. The molecule has 1 aromatic rings. The van der Waals surface area contributed by atoms with Crippen LogP contribution < -0.4 is 9.64 Å². The summed E-state index contributed by atoms with van der Waals surface area (Å²) >= 11 is 0. The second-order valence-electron chi connectivity index (χ2n) is 3.56. The van der Waals surface area contributed by atoms with Crippen molar-refractivity contribution in [2.24, 2.45) is 0 Å². The molecule has 0 N–H and O–H groups in total. The number of piperidine rings is 1. The van der Waals surface area contributed by atoms with Crippen molar-refractivity contribution in [3.05, 3.63) is 18.3 Å². The smallest absolute Gasteiger partial charge is 0.227 e. The van der Waals surface area contributed by atoms with E-state index in [1.807, 2.05) is 6.07 Å². The van der Waals surface area contributed by atoms with Crippen molar-refractivity contribution in [2.75, 3.05) is 18.6 Å². The number of amides is 1. The molecule has 0 aromatic carbocycles. The number of carbonyl (C=O) groups excluding carboxylic acids is 1. The van der Waals surface area contributed by atoms with Gasteiger partial charge in [-0.1, -0.05) is 0 Å². The Morgan fingerprint density at radius 3 is 2.87 bits per heavy atom. The maximum Gasteiger partial charge on any atom is 0.227 e. The molecule has 0 aliphatic carbocycles. The lowest BCUT2D eigenvalue weighted by molar-refractivity contribution is -0.119. The van der Waals surface area contributed by atoms with Gasteiger partial charge in [0.2, 0.25) is 11.8 Å². The first kappa shape index (κ1) is 9.96. The number of hydrogen-bond acceptors (Lipinski definition) is 3. The average Bonchev–Trinajstić information content (AvgIpc) is 2.30. The molecule has 4 heteroatoms. The number of carbonyl (C=O) groups is 1. The van der Waals surface area contributed by atoms with Gasteiger partial charge in [0.15, 0.2) is 0 Å². The van der Waals surface area contributed by atoms with E-state index in [1.54, 1.807) is 24.3 Å². The quantitative estimate of drug-likeness (QED) is 0.738. The molecule has 2 heterocycles. The van der Waals surface area contributed by atoms with Crippen LogP contribution in [0.15, 0.2) is 18.3 Å². The normalized spacial score (nSPS) is 16.6. The van der Waals surface area contributed by atoms with E-state index in [2.05, 4.69) is 4.98 Å². The topological polar surface area (TPSA) is 42.4 Å². The number of nitrogens with zero attached hydrogens (tertiary/aromatic N) is 2. The van der Waals surface area contributed by atoms with Crippen molar-refractivity contribution in [2.45, 2.75) is 19.3 Å². The highest BCUT2D eigenvalue weighted by molar-refractivity contribution is 5.93. The highest BCUT2D eigenvalue weighted by Gasteiger charge is 2.19. The van der Waals surface area contributed by atoms with E-state index >= 15 is 0 Å². The van der Waals surface area contributed by atoms with E-state index in [-0.39, 0.29) is 5.91 Å². The molecule has 1 aromatic heterocycles. The molecule has 1 amide bonds. The molecule has 0 saturated carbocycles. The molecule has 0 spiro atoms. The third kappa shape index (κ3) is 2.09. The molecule has 0 bridgehead atoms. The van der Waals surface area contributed by atoms with Crippen LogP contribution >= 0.6 is 0 Å². The van der Waals surface area contributed by atoms with Gasteiger partial charge in [-0.25, -0.2) is 4.98 Å². The summed E-state index contributed by atoms with van der Waals surface area (Å²) in [5.74, 6) is 0.761. The molecule has 1 saturated heterocycles. The second-order valence-corrected chi connectivity index (χ2v) is 3.56. The van der Waals surface area contributed by atoms with Gasteiger partial charge >= 0.3 is 0 Å². The highest BCUT2D eigenvalue weighted by Crippen LogP contribution is 2.21. The lowest BCUT2D eigenvalue weighted by Crippen LogP contribution is -2.35. The molecule has 1 fully saturated rings. The Bertz CT molecular complexity index is 348. The van der Waals surface area contributed by atoms with Crippen LogP contribution in [0.3, 0.4) is 0 Å². The summed E-state index contributed by atoms with van der Waals surface area (Å²) < 4.78 is 4.97. The third-order valence-corrected chi connectivity index (χ3v) is 2.56. The van der Waals surface area contributed by atoms with Crippen LogP contribution in [0.4, 0.5) is 5.69 Å². The van der Waals surface area contributed by atoms with Crippen LogP contribution in [0.25, 0.3) is 0 Å². The Morgan fingerprint density at radius 2 is 2.27 bits per heavy atom. The highest BCUT2D eigenvalue weighted by atomic mass is 16.5. The number of ether oxygens (including phenoxy) is 1. The fourth-order valence-electron chi connectivity index (χ4n) is 1.73. The molecule has 80 valence electrons. The lowest BCUT2D eigenvalue weighted by atomic mass is 10.1. The first-order valence-electron chi connectivity index (χ1n) is 5.11. The first-order valence-corrected chi connectivity index (χ1v) is 5.11. The van der Waals surface area contributed by atoms with E-state index in [0.717, 1.165) is 25.1 Å². The van der Waals surface area contributed by atoms with Gasteiger partial charge in [-0.2, -0.15) is 0 Å². The number of pyridine rings is 1. The van der Waals surface area contributed by atoms with E-state index in [9.17, 15) is 4.79 Å². The molecule has 1 aliphatic heterocycles. The Balaban J connectivity index is 2.17. The number of aromatic nitrogens is 1. The van der Waals surface area contributed by atoms with Crippen molar-refractivity contribution >= 4 is 11.6 Å². The van der Waals surface area contributed by atoms with E-state index < -0.39 is 0 Å². The summed E-state index contributed by atoms with van der Waals surface area (Å²) in [6, 6.07) is 3.65. The minimum atomic E-state index is 0.188. The van der Waals surface area contributed by atoms with Crippen LogP contribution in [0, 0.1) is 0 Å². The third-order valence-electron chi connectivity index (χ3n) is 2.56. The molecule has 15 heavy (non-hydrogen) atoms. The van der Waals surface area contributed by atoms with Crippen molar-refractivity contribution in [1.29, 1.82) is 0 Å². The van der Waals surface area contributed by atoms with E-state index in [0.29, 0.717) is 12.3 Å². The monoisotopic (exact) mass is 206 g/mol. The molecular formula is C11H14N2O2. The molecule has 0 atom stereocenters. The van der Waals surface area contributed by atoms with E-state index in [1.165, 1.54) is 0 Å². The zero-order valence-electron chi connectivity index (χ0n) is 8.77. The second kappa shape index (κ2) is 4.29. The van der Waals surface area contributed by atoms with Crippen molar-refractivity contribution in [3.8, 4) is 5.88 Å². The average molecular weight is 206 g/mol. The Kier molecular flexibility index (Phi) is 2.85. The summed E-state index contributed by atoms with van der Waals surface area (Å²) in [7, 11) is 1.58. The van der Waals surface area contributed by atoms with Crippen LogP contribution in [0.1, 0.15) is 19.3 Å². The Labute approximate surface area is 88.9 Å².